The normalized spacial score (nSPS) is 21.8. The van der Waals surface area contributed by atoms with Crippen LogP contribution in [0.1, 0.15) is 12.8 Å². The highest BCUT2D eigenvalue weighted by molar-refractivity contribution is 6.99. The SMILES string of the molecule is O=C1CCC(Nc2nsnc2Cl)CN1. The largest absolute Gasteiger partial charge is 0.362 e. The molecule has 1 fully saturated rings. The molecule has 5 nitrogen and oxygen atoms in total. The third-order valence-electron chi connectivity index (χ3n) is 2.05. The van der Waals surface area contributed by atoms with Gasteiger partial charge in [-0.2, -0.15) is 8.75 Å². The van der Waals surface area contributed by atoms with Gasteiger partial charge in [0, 0.05) is 19.0 Å². The first-order valence-corrected chi connectivity index (χ1v) is 5.38. The Morgan fingerprint density at radius 3 is 3.00 bits per heavy atom. The van der Waals surface area contributed by atoms with Gasteiger partial charge in [-0.3, -0.25) is 4.79 Å². The molecule has 1 aromatic rings. The molecule has 76 valence electrons. The van der Waals surface area contributed by atoms with Gasteiger partial charge in [0.15, 0.2) is 11.0 Å². The lowest BCUT2D eigenvalue weighted by molar-refractivity contribution is -0.122. The van der Waals surface area contributed by atoms with E-state index in [1.807, 2.05) is 0 Å². The molecule has 2 rings (SSSR count). The highest BCUT2D eigenvalue weighted by atomic mass is 35.5. The highest BCUT2D eigenvalue weighted by Crippen LogP contribution is 2.20. The van der Waals surface area contributed by atoms with E-state index in [1.165, 1.54) is 0 Å². The Kier molecular flexibility index (Phi) is 2.83. The molecule has 0 bridgehead atoms. The second-order valence-corrected chi connectivity index (χ2v) is 3.97. The minimum atomic E-state index is 0.102. The molecule has 0 spiro atoms. The summed E-state index contributed by atoms with van der Waals surface area (Å²) in [6.07, 6.45) is 1.35. The zero-order valence-electron chi connectivity index (χ0n) is 7.29. The number of carbonyl (C=O) groups excluding carboxylic acids is 1. The minimum Gasteiger partial charge on any atom is -0.362 e. The van der Waals surface area contributed by atoms with Crippen LogP contribution >= 0.6 is 23.3 Å². The van der Waals surface area contributed by atoms with Crippen molar-refractivity contribution < 1.29 is 4.79 Å². The third kappa shape index (κ3) is 2.13. The Morgan fingerprint density at radius 1 is 1.57 bits per heavy atom. The Bertz CT molecular complexity index is 332. The fourth-order valence-corrected chi connectivity index (χ4v) is 1.97. The van der Waals surface area contributed by atoms with Crippen LogP contribution in [0, 0.1) is 0 Å². The van der Waals surface area contributed by atoms with Crippen molar-refractivity contribution in [3.8, 4) is 0 Å². The molecule has 1 atom stereocenters. The van der Waals surface area contributed by atoms with Gasteiger partial charge >= 0.3 is 0 Å². The van der Waals surface area contributed by atoms with Crippen LogP contribution in [0.25, 0.3) is 0 Å². The van der Waals surface area contributed by atoms with E-state index in [1.54, 1.807) is 0 Å². The molecule has 0 saturated carbocycles. The molecule has 1 aliphatic heterocycles. The molecule has 0 aromatic carbocycles. The summed E-state index contributed by atoms with van der Waals surface area (Å²) in [7, 11) is 0. The monoisotopic (exact) mass is 232 g/mol. The quantitative estimate of drug-likeness (QED) is 0.795. The summed E-state index contributed by atoms with van der Waals surface area (Å²) >= 11 is 6.85. The number of nitrogens with zero attached hydrogens (tertiary/aromatic N) is 2. The van der Waals surface area contributed by atoms with Crippen LogP contribution in [0.2, 0.25) is 5.15 Å². The van der Waals surface area contributed by atoms with Gasteiger partial charge in [-0.1, -0.05) is 11.6 Å². The van der Waals surface area contributed by atoms with Crippen molar-refractivity contribution in [3.05, 3.63) is 5.15 Å². The number of amides is 1. The number of nitrogens with one attached hydrogen (secondary N) is 2. The number of hydrogen-bond acceptors (Lipinski definition) is 5. The lowest BCUT2D eigenvalue weighted by Crippen LogP contribution is -2.41. The van der Waals surface area contributed by atoms with Crippen LogP contribution in [-0.4, -0.2) is 27.2 Å². The van der Waals surface area contributed by atoms with E-state index < -0.39 is 0 Å². The maximum atomic E-state index is 10.9. The predicted molar refractivity (Wildman–Crippen MR) is 54.6 cm³/mol. The molecule has 1 aromatic heterocycles. The summed E-state index contributed by atoms with van der Waals surface area (Å²) in [6.45, 7) is 0.618. The van der Waals surface area contributed by atoms with Crippen LogP contribution < -0.4 is 10.6 Å². The van der Waals surface area contributed by atoms with E-state index in [9.17, 15) is 4.79 Å². The molecule has 2 heterocycles. The molecule has 7 heteroatoms. The first kappa shape index (κ1) is 9.67. The molecule has 14 heavy (non-hydrogen) atoms. The predicted octanol–water partition coefficient (Wildman–Crippen LogP) is 0.882. The zero-order chi connectivity index (χ0) is 9.97. The maximum Gasteiger partial charge on any atom is 0.220 e. The van der Waals surface area contributed by atoms with E-state index in [0.29, 0.717) is 23.9 Å². The topological polar surface area (TPSA) is 66.9 Å². The molecule has 0 aliphatic carbocycles. The van der Waals surface area contributed by atoms with Crippen molar-refractivity contribution in [1.29, 1.82) is 0 Å². The van der Waals surface area contributed by atoms with E-state index in [4.69, 9.17) is 11.6 Å². The number of rotatable bonds is 2. The van der Waals surface area contributed by atoms with E-state index in [-0.39, 0.29) is 11.9 Å². The summed E-state index contributed by atoms with van der Waals surface area (Å²) in [5.74, 6) is 0.711. The Hall–Kier alpha value is -0.880. The van der Waals surface area contributed by atoms with Crippen molar-refractivity contribution in [3.63, 3.8) is 0 Å². The van der Waals surface area contributed by atoms with Gasteiger partial charge in [0.25, 0.3) is 0 Å². The van der Waals surface area contributed by atoms with E-state index >= 15 is 0 Å². The average molecular weight is 233 g/mol. The molecule has 2 N–H and O–H groups in total. The molecule has 1 aliphatic rings. The number of hydrogen-bond donors (Lipinski definition) is 2. The third-order valence-corrected chi connectivity index (χ3v) is 2.95. The van der Waals surface area contributed by atoms with Crippen LogP contribution in [0.3, 0.4) is 0 Å². The van der Waals surface area contributed by atoms with Gasteiger partial charge in [-0.05, 0) is 6.42 Å². The van der Waals surface area contributed by atoms with Crippen LogP contribution in [0.15, 0.2) is 0 Å². The lowest BCUT2D eigenvalue weighted by Gasteiger charge is -2.23. The van der Waals surface area contributed by atoms with Crippen molar-refractivity contribution in [2.45, 2.75) is 18.9 Å². The fraction of sp³-hybridized carbons (Fsp3) is 0.571. The minimum absolute atomic E-state index is 0.102. The van der Waals surface area contributed by atoms with Crippen molar-refractivity contribution in [1.82, 2.24) is 14.1 Å². The summed E-state index contributed by atoms with van der Waals surface area (Å²) in [5.41, 5.74) is 0. The van der Waals surface area contributed by atoms with Gasteiger partial charge in [-0.25, -0.2) is 0 Å². The van der Waals surface area contributed by atoms with Gasteiger partial charge in [0.1, 0.15) is 0 Å². The number of anilines is 1. The van der Waals surface area contributed by atoms with Gasteiger partial charge in [0.05, 0.1) is 11.7 Å². The Morgan fingerprint density at radius 2 is 2.43 bits per heavy atom. The zero-order valence-corrected chi connectivity index (χ0v) is 8.86. The fourth-order valence-electron chi connectivity index (χ4n) is 1.31. The molecular formula is C7H9ClN4OS. The van der Waals surface area contributed by atoms with Crippen LogP contribution in [-0.2, 0) is 4.79 Å². The van der Waals surface area contributed by atoms with Crippen molar-refractivity contribution >= 4 is 35.1 Å². The maximum absolute atomic E-state index is 10.9. The van der Waals surface area contributed by atoms with Gasteiger partial charge in [0.2, 0.25) is 5.91 Å². The Labute approximate surface area is 90.2 Å². The number of piperidine rings is 1. The number of aromatic nitrogens is 2. The summed E-state index contributed by atoms with van der Waals surface area (Å²) in [4.78, 5) is 10.9. The molecular weight excluding hydrogens is 224 g/mol. The van der Waals surface area contributed by atoms with E-state index in [2.05, 4.69) is 19.4 Å². The summed E-state index contributed by atoms with van der Waals surface area (Å²) < 4.78 is 7.85. The number of halogens is 1. The molecule has 1 saturated heterocycles. The number of carbonyl (C=O) groups is 1. The Balaban J connectivity index is 1.92. The lowest BCUT2D eigenvalue weighted by atomic mass is 10.1. The second kappa shape index (κ2) is 4.10. The van der Waals surface area contributed by atoms with Crippen LogP contribution in [0.5, 0.6) is 0 Å². The van der Waals surface area contributed by atoms with Gasteiger partial charge < -0.3 is 10.6 Å². The van der Waals surface area contributed by atoms with Crippen LogP contribution in [0.4, 0.5) is 5.82 Å². The van der Waals surface area contributed by atoms with E-state index in [0.717, 1.165) is 18.1 Å². The standard InChI is InChI=1S/C7H9ClN4OS/c8-6-7(12-14-11-6)10-4-1-2-5(13)9-3-4/h4H,1-3H2,(H,9,13)(H,10,12). The first-order chi connectivity index (χ1) is 6.75. The smallest absolute Gasteiger partial charge is 0.220 e. The summed E-state index contributed by atoms with van der Waals surface area (Å²) in [5, 5.41) is 6.31. The van der Waals surface area contributed by atoms with Crippen molar-refractivity contribution in [2.75, 3.05) is 11.9 Å². The average Bonchev–Trinajstić information content (AvgIpc) is 2.56. The summed E-state index contributed by atoms with van der Waals surface area (Å²) in [6, 6.07) is 0.203. The van der Waals surface area contributed by atoms with Crippen molar-refractivity contribution in [2.24, 2.45) is 0 Å². The van der Waals surface area contributed by atoms with Gasteiger partial charge in [-0.15, -0.1) is 0 Å². The molecule has 1 amide bonds. The molecule has 0 radical (unpaired) electrons. The highest BCUT2D eigenvalue weighted by Gasteiger charge is 2.19. The molecule has 1 unspecified atom stereocenters. The second-order valence-electron chi connectivity index (χ2n) is 3.09. The first-order valence-electron chi connectivity index (χ1n) is 4.27.